The van der Waals surface area contributed by atoms with Gasteiger partial charge >= 0.3 is 5.97 Å². The van der Waals surface area contributed by atoms with Gasteiger partial charge in [0.25, 0.3) is 0 Å². The third-order valence-corrected chi connectivity index (χ3v) is 4.88. The molecule has 144 valence electrons. The maximum atomic E-state index is 14.2. The highest BCUT2D eigenvalue weighted by molar-refractivity contribution is 6.04. The first kappa shape index (κ1) is 18.6. The zero-order valence-corrected chi connectivity index (χ0v) is 15.3. The van der Waals surface area contributed by atoms with Crippen molar-refractivity contribution >= 4 is 23.6 Å². The summed E-state index contributed by atoms with van der Waals surface area (Å²) >= 11 is 0. The summed E-state index contributed by atoms with van der Waals surface area (Å²) in [6, 6.07) is 15.1. The number of aromatic nitrogens is 1. The molecule has 5 nitrogen and oxygen atoms in total. The van der Waals surface area contributed by atoms with E-state index in [0.717, 1.165) is 28.3 Å². The Balaban J connectivity index is 1.77. The van der Waals surface area contributed by atoms with E-state index in [4.69, 9.17) is 5.11 Å². The van der Waals surface area contributed by atoms with Crippen LogP contribution < -0.4 is 5.32 Å². The topological polar surface area (TPSA) is 79.3 Å². The number of nitrogens with one attached hydrogen (secondary N) is 1. The van der Waals surface area contributed by atoms with Crippen LogP contribution in [0.25, 0.3) is 17.2 Å². The van der Waals surface area contributed by atoms with Crippen LogP contribution in [0, 0.1) is 5.82 Å². The Labute approximate surface area is 166 Å². The number of Topliss-reactive ketones (excluding diaryl/α,β-unsaturated/α-hetero) is 1. The summed E-state index contributed by atoms with van der Waals surface area (Å²) in [4.78, 5) is 28.2. The Morgan fingerprint density at radius 1 is 1.14 bits per heavy atom. The average Bonchev–Trinajstić information content (AvgIpc) is 3.16. The molecule has 6 heteroatoms. The van der Waals surface area contributed by atoms with Crippen molar-refractivity contribution < 1.29 is 19.1 Å². The molecule has 0 bridgehead atoms. The monoisotopic (exact) mass is 388 g/mol. The van der Waals surface area contributed by atoms with Crippen LogP contribution in [0.1, 0.15) is 27.4 Å². The van der Waals surface area contributed by atoms with Crippen LogP contribution in [0.3, 0.4) is 0 Å². The summed E-state index contributed by atoms with van der Waals surface area (Å²) in [6.07, 6.45) is 4.23. The first-order valence-electron chi connectivity index (χ1n) is 9.07. The molecule has 0 spiro atoms. The van der Waals surface area contributed by atoms with Crippen molar-refractivity contribution in [2.24, 2.45) is 0 Å². The van der Waals surface area contributed by atoms with Crippen molar-refractivity contribution in [3.63, 3.8) is 0 Å². The molecule has 1 unspecified atom stereocenters. The third kappa shape index (κ3) is 3.65. The van der Waals surface area contributed by atoms with Crippen LogP contribution in [-0.2, 0) is 4.79 Å². The molecule has 0 aliphatic carbocycles. The van der Waals surface area contributed by atoms with Gasteiger partial charge in [-0.2, -0.15) is 0 Å². The Morgan fingerprint density at radius 2 is 1.97 bits per heavy atom. The van der Waals surface area contributed by atoms with Gasteiger partial charge in [0.1, 0.15) is 11.6 Å². The number of anilines is 1. The van der Waals surface area contributed by atoms with Crippen LogP contribution in [0.2, 0.25) is 0 Å². The summed E-state index contributed by atoms with van der Waals surface area (Å²) < 4.78 is 14.2. The average molecular weight is 388 g/mol. The van der Waals surface area contributed by atoms with Gasteiger partial charge in [-0.25, -0.2) is 14.2 Å². The van der Waals surface area contributed by atoms with Gasteiger partial charge in [0, 0.05) is 24.4 Å². The molecule has 2 heterocycles. The van der Waals surface area contributed by atoms with Gasteiger partial charge in [-0.05, 0) is 47.0 Å². The maximum absolute atomic E-state index is 14.2. The first-order valence-corrected chi connectivity index (χ1v) is 9.07. The van der Waals surface area contributed by atoms with Crippen LogP contribution in [0.4, 0.5) is 10.2 Å². The van der Waals surface area contributed by atoms with E-state index in [1.54, 1.807) is 24.4 Å². The van der Waals surface area contributed by atoms with Crippen LogP contribution in [0.15, 0.2) is 66.9 Å². The molecule has 0 amide bonds. The number of benzene rings is 2. The Hall–Kier alpha value is -3.80. The zero-order valence-electron chi connectivity index (χ0n) is 15.3. The lowest BCUT2D eigenvalue weighted by molar-refractivity contribution is -0.131. The van der Waals surface area contributed by atoms with Crippen LogP contribution in [0.5, 0.6) is 0 Å². The lowest BCUT2D eigenvalue weighted by Gasteiger charge is -2.14. The molecule has 3 aromatic rings. The number of carbonyl (C=O) groups excluding carboxylic acids is 1. The van der Waals surface area contributed by atoms with E-state index in [0.29, 0.717) is 12.4 Å². The summed E-state index contributed by atoms with van der Waals surface area (Å²) in [5.41, 5.74) is 3.13. The number of fused-ring (bicyclic) bond motifs is 1. The number of rotatable bonds is 5. The van der Waals surface area contributed by atoms with Crippen molar-refractivity contribution in [2.45, 2.75) is 5.92 Å². The number of halogens is 1. The molecule has 1 aromatic heterocycles. The first-order chi connectivity index (χ1) is 14.0. The fourth-order valence-corrected chi connectivity index (χ4v) is 3.57. The van der Waals surface area contributed by atoms with E-state index in [-0.39, 0.29) is 11.3 Å². The number of carboxylic acid groups (broad SMARTS) is 1. The minimum Gasteiger partial charge on any atom is -0.478 e. The molecule has 0 saturated carbocycles. The highest BCUT2D eigenvalue weighted by Crippen LogP contribution is 2.40. The molecule has 0 saturated heterocycles. The molecule has 2 N–H and O–H groups in total. The second-order valence-electron chi connectivity index (χ2n) is 6.70. The van der Waals surface area contributed by atoms with Gasteiger partial charge in [-0.3, -0.25) is 4.79 Å². The minimum absolute atomic E-state index is 0.0556. The van der Waals surface area contributed by atoms with Crippen molar-refractivity contribution in [3.8, 4) is 11.1 Å². The number of hydrogen-bond donors (Lipinski definition) is 2. The lowest BCUT2D eigenvalue weighted by Crippen LogP contribution is -2.16. The molecule has 0 radical (unpaired) electrons. The second kappa shape index (κ2) is 7.67. The van der Waals surface area contributed by atoms with E-state index in [1.807, 2.05) is 24.3 Å². The fourth-order valence-electron chi connectivity index (χ4n) is 3.57. The molecule has 1 aliphatic rings. The van der Waals surface area contributed by atoms with Crippen molar-refractivity contribution in [3.05, 3.63) is 89.4 Å². The number of ketones is 1. The van der Waals surface area contributed by atoms with Crippen LogP contribution in [-0.4, -0.2) is 28.4 Å². The second-order valence-corrected chi connectivity index (χ2v) is 6.70. The maximum Gasteiger partial charge on any atom is 0.328 e. The summed E-state index contributed by atoms with van der Waals surface area (Å²) in [5, 5.41) is 12.0. The molecule has 1 atom stereocenters. The minimum atomic E-state index is -1.03. The smallest absolute Gasteiger partial charge is 0.328 e. The molecular weight excluding hydrogens is 371 g/mol. The normalized spacial score (nSPS) is 15.1. The molecular formula is C23H17FN2O3. The van der Waals surface area contributed by atoms with Gasteiger partial charge in [-0.15, -0.1) is 0 Å². The predicted octanol–water partition coefficient (Wildman–Crippen LogP) is 4.38. The van der Waals surface area contributed by atoms with Gasteiger partial charge in [-0.1, -0.05) is 30.3 Å². The van der Waals surface area contributed by atoms with E-state index in [1.165, 1.54) is 18.2 Å². The standard InChI is InChI=1S/C23H17FN2O3/c24-19-7-2-1-6-17(19)22(29)18-13-26-23-21(18)16(10-11-25-23)15-5-3-4-14(12-15)8-9-20(27)28/h1-12,18H,13H2,(H,25,26)(H,27,28)/b9-8+. The Kier molecular flexibility index (Phi) is 4.91. The van der Waals surface area contributed by atoms with E-state index in [9.17, 15) is 14.0 Å². The van der Waals surface area contributed by atoms with Gasteiger partial charge < -0.3 is 10.4 Å². The van der Waals surface area contributed by atoms with Crippen LogP contribution >= 0.6 is 0 Å². The number of carboxylic acids is 1. The lowest BCUT2D eigenvalue weighted by atomic mass is 9.87. The largest absolute Gasteiger partial charge is 0.478 e. The quantitative estimate of drug-likeness (QED) is 0.501. The number of nitrogens with zero attached hydrogens (tertiary/aromatic N) is 1. The van der Waals surface area contributed by atoms with Crippen molar-refractivity contribution in [1.82, 2.24) is 4.98 Å². The predicted molar refractivity (Wildman–Crippen MR) is 108 cm³/mol. The summed E-state index contributed by atoms with van der Waals surface area (Å²) in [5.74, 6) is -1.84. The summed E-state index contributed by atoms with van der Waals surface area (Å²) in [7, 11) is 0. The molecule has 1 aliphatic heterocycles. The highest BCUT2D eigenvalue weighted by atomic mass is 19.1. The number of hydrogen-bond acceptors (Lipinski definition) is 4. The zero-order chi connectivity index (χ0) is 20.4. The number of carbonyl (C=O) groups is 2. The SMILES string of the molecule is O=C(O)/C=C/c1cccc(-c2ccnc3c2C(C(=O)c2ccccc2F)CN3)c1. The Bertz CT molecular complexity index is 1140. The molecule has 0 fully saturated rings. The van der Waals surface area contributed by atoms with E-state index in [2.05, 4.69) is 10.3 Å². The molecule has 4 rings (SSSR count). The molecule has 29 heavy (non-hydrogen) atoms. The number of pyridine rings is 1. The van der Waals surface area contributed by atoms with E-state index >= 15 is 0 Å². The van der Waals surface area contributed by atoms with E-state index < -0.39 is 17.7 Å². The van der Waals surface area contributed by atoms with Crippen molar-refractivity contribution in [1.29, 1.82) is 0 Å². The number of aliphatic carboxylic acids is 1. The fraction of sp³-hybridized carbons (Fsp3) is 0.0870. The Morgan fingerprint density at radius 3 is 2.76 bits per heavy atom. The molecule has 2 aromatic carbocycles. The van der Waals surface area contributed by atoms with Gasteiger partial charge in [0.15, 0.2) is 5.78 Å². The summed E-state index contributed by atoms with van der Waals surface area (Å²) in [6.45, 7) is 0.338. The van der Waals surface area contributed by atoms with Gasteiger partial charge in [0.05, 0.1) is 11.5 Å². The van der Waals surface area contributed by atoms with Gasteiger partial charge in [0.2, 0.25) is 0 Å². The third-order valence-electron chi connectivity index (χ3n) is 4.88. The van der Waals surface area contributed by atoms with Crippen molar-refractivity contribution in [2.75, 3.05) is 11.9 Å². The highest BCUT2D eigenvalue weighted by Gasteiger charge is 2.33.